The quantitative estimate of drug-likeness (QED) is 0.739. The molecule has 0 aromatic carbocycles. The fourth-order valence-electron chi connectivity index (χ4n) is 2.04. The number of rotatable bonds is 5. The van der Waals surface area contributed by atoms with E-state index in [9.17, 15) is 4.79 Å². The number of nitrogens with zero attached hydrogens (tertiary/aromatic N) is 2. The smallest absolute Gasteiger partial charge is 0.317 e. The molecule has 0 bridgehead atoms. The predicted molar refractivity (Wildman–Crippen MR) is 68.0 cm³/mol. The lowest BCUT2D eigenvalue weighted by atomic mass is 10.2. The molecule has 0 aromatic heterocycles. The molecule has 1 fully saturated rings. The molecule has 1 saturated heterocycles. The van der Waals surface area contributed by atoms with Gasteiger partial charge in [-0.05, 0) is 26.3 Å². The van der Waals surface area contributed by atoms with Gasteiger partial charge in [-0.25, -0.2) is 4.79 Å². The van der Waals surface area contributed by atoms with Gasteiger partial charge in [0.15, 0.2) is 0 Å². The van der Waals surface area contributed by atoms with Gasteiger partial charge in [0.1, 0.15) is 0 Å². The number of hydrogen-bond donors (Lipinski definition) is 2. The highest BCUT2D eigenvalue weighted by Gasteiger charge is 2.20. The maximum absolute atomic E-state index is 11.9. The van der Waals surface area contributed by atoms with Gasteiger partial charge in [0.05, 0.1) is 0 Å². The van der Waals surface area contributed by atoms with Crippen LogP contribution in [0.5, 0.6) is 0 Å². The standard InChI is InChI=1S/C12H25N3O2/c1-3-14-6-8-15(9-7-14)12(17)13-11(2)5-4-10-16/h11,16H,3-10H2,1-2H3,(H,13,17). The van der Waals surface area contributed by atoms with E-state index in [-0.39, 0.29) is 18.7 Å². The van der Waals surface area contributed by atoms with Crippen molar-refractivity contribution < 1.29 is 9.90 Å². The molecule has 0 spiro atoms. The van der Waals surface area contributed by atoms with E-state index in [1.165, 1.54) is 0 Å². The molecule has 1 atom stereocenters. The van der Waals surface area contributed by atoms with E-state index in [0.717, 1.165) is 45.6 Å². The number of aliphatic hydroxyl groups excluding tert-OH is 1. The van der Waals surface area contributed by atoms with Gasteiger partial charge in [0.2, 0.25) is 0 Å². The summed E-state index contributed by atoms with van der Waals surface area (Å²) in [5.74, 6) is 0. The van der Waals surface area contributed by atoms with Gasteiger partial charge < -0.3 is 20.2 Å². The molecule has 17 heavy (non-hydrogen) atoms. The van der Waals surface area contributed by atoms with E-state index >= 15 is 0 Å². The molecule has 5 nitrogen and oxygen atoms in total. The van der Waals surface area contributed by atoms with Crippen LogP contribution in [-0.4, -0.2) is 66.3 Å². The van der Waals surface area contributed by atoms with Crippen molar-refractivity contribution in [2.24, 2.45) is 0 Å². The highest BCUT2D eigenvalue weighted by molar-refractivity contribution is 5.74. The Kier molecular flexibility index (Phi) is 6.29. The number of carbonyl (C=O) groups excluding carboxylic acids is 1. The third-order valence-corrected chi connectivity index (χ3v) is 3.27. The Bertz CT molecular complexity index is 228. The Balaban J connectivity index is 2.24. The van der Waals surface area contributed by atoms with Crippen molar-refractivity contribution in [1.82, 2.24) is 15.1 Å². The summed E-state index contributed by atoms with van der Waals surface area (Å²) in [5.41, 5.74) is 0. The molecule has 1 unspecified atom stereocenters. The number of amides is 2. The second-order valence-corrected chi connectivity index (χ2v) is 4.64. The Labute approximate surface area is 104 Å². The predicted octanol–water partition coefficient (Wildman–Crippen LogP) is 0.494. The number of aliphatic hydroxyl groups is 1. The first-order chi connectivity index (χ1) is 8.17. The number of piperazine rings is 1. The lowest BCUT2D eigenvalue weighted by Gasteiger charge is -2.34. The van der Waals surface area contributed by atoms with Crippen LogP contribution in [0.15, 0.2) is 0 Å². The molecule has 1 rings (SSSR count). The van der Waals surface area contributed by atoms with Crippen LogP contribution in [0.3, 0.4) is 0 Å². The summed E-state index contributed by atoms with van der Waals surface area (Å²) >= 11 is 0. The second kappa shape index (κ2) is 7.50. The third-order valence-electron chi connectivity index (χ3n) is 3.27. The fraction of sp³-hybridized carbons (Fsp3) is 0.917. The molecule has 2 amide bonds. The van der Waals surface area contributed by atoms with Crippen molar-refractivity contribution in [2.45, 2.75) is 32.7 Å². The van der Waals surface area contributed by atoms with E-state index in [2.05, 4.69) is 17.1 Å². The molecule has 2 N–H and O–H groups in total. The maximum Gasteiger partial charge on any atom is 0.317 e. The third kappa shape index (κ3) is 4.91. The summed E-state index contributed by atoms with van der Waals surface area (Å²) in [4.78, 5) is 16.1. The zero-order valence-corrected chi connectivity index (χ0v) is 11.0. The lowest BCUT2D eigenvalue weighted by molar-refractivity contribution is 0.140. The van der Waals surface area contributed by atoms with Crippen molar-refractivity contribution in [3.05, 3.63) is 0 Å². The summed E-state index contributed by atoms with van der Waals surface area (Å²) in [5, 5.41) is 11.7. The molecular formula is C12H25N3O2. The molecule has 1 heterocycles. The topological polar surface area (TPSA) is 55.8 Å². The van der Waals surface area contributed by atoms with Crippen LogP contribution < -0.4 is 5.32 Å². The van der Waals surface area contributed by atoms with Crippen LogP contribution in [0.1, 0.15) is 26.7 Å². The van der Waals surface area contributed by atoms with Crippen LogP contribution >= 0.6 is 0 Å². The molecule has 0 radical (unpaired) electrons. The minimum Gasteiger partial charge on any atom is -0.396 e. The number of carbonyl (C=O) groups is 1. The van der Waals surface area contributed by atoms with E-state index in [0.29, 0.717) is 0 Å². The first-order valence-corrected chi connectivity index (χ1v) is 6.56. The van der Waals surface area contributed by atoms with Crippen molar-refractivity contribution in [2.75, 3.05) is 39.3 Å². The van der Waals surface area contributed by atoms with E-state index in [1.807, 2.05) is 11.8 Å². The molecule has 0 aliphatic carbocycles. The minimum absolute atomic E-state index is 0.0335. The summed E-state index contributed by atoms with van der Waals surface area (Å²) in [6, 6.07) is 0.171. The monoisotopic (exact) mass is 243 g/mol. The molecule has 1 aliphatic rings. The van der Waals surface area contributed by atoms with Gasteiger partial charge in [0, 0.05) is 38.8 Å². The van der Waals surface area contributed by atoms with Crippen LogP contribution in [0, 0.1) is 0 Å². The van der Waals surface area contributed by atoms with Crippen LogP contribution in [0.25, 0.3) is 0 Å². The van der Waals surface area contributed by atoms with Crippen molar-refractivity contribution in [3.63, 3.8) is 0 Å². The average molecular weight is 243 g/mol. The first kappa shape index (κ1) is 14.3. The fourth-order valence-corrected chi connectivity index (χ4v) is 2.04. The van der Waals surface area contributed by atoms with E-state index in [1.54, 1.807) is 0 Å². The Hall–Kier alpha value is -0.810. The Morgan fingerprint density at radius 2 is 2.00 bits per heavy atom. The largest absolute Gasteiger partial charge is 0.396 e. The molecule has 100 valence electrons. The van der Waals surface area contributed by atoms with Gasteiger partial charge in [-0.1, -0.05) is 6.92 Å². The second-order valence-electron chi connectivity index (χ2n) is 4.64. The SMILES string of the molecule is CCN1CCN(C(=O)NC(C)CCCO)CC1. The van der Waals surface area contributed by atoms with Gasteiger partial charge in [0.25, 0.3) is 0 Å². The summed E-state index contributed by atoms with van der Waals surface area (Å²) in [6.45, 7) is 8.93. The first-order valence-electron chi connectivity index (χ1n) is 6.56. The molecular weight excluding hydrogens is 218 g/mol. The van der Waals surface area contributed by atoms with Crippen LogP contribution in [0.2, 0.25) is 0 Å². The lowest BCUT2D eigenvalue weighted by Crippen LogP contribution is -2.53. The summed E-state index contributed by atoms with van der Waals surface area (Å²) < 4.78 is 0. The summed E-state index contributed by atoms with van der Waals surface area (Å²) in [7, 11) is 0. The number of likely N-dealkylation sites (N-methyl/N-ethyl adjacent to an activating group) is 1. The van der Waals surface area contributed by atoms with E-state index < -0.39 is 0 Å². The molecule has 1 aliphatic heterocycles. The highest BCUT2D eigenvalue weighted by atomic mass is 16.3. The average Bonchev–Trinajstić information content (AvgIpc) is 2.36. The normalized spacial score (nSPS) is 19.1. The van der Waals surface area contributed by atoms with Gasteiger partial charge >= 0.3 is 6.03 Å². The Morgan fingerprint density at radius 3 is 2.53 bits per heavy atom. The van der Waals surface area contributed by atoms with Crippen molar-refractivity contribution in [3.8, 4) is 0 Å². The zero-order valence-electron chi connectivity index (χ0n) is 11.0. The van der Waals surface area contributed by atoms with E-state index in [4.69, 9.17) is 5.11 Å². The highest BCUT2D eigenvalue weighted by Crippen LogP contribution is 2.03. The Morgan fingerprint density at radius 1 is 1.35 bits per heavy atom. The van der Waals surface area contributed by atoms with Crippen LogP contribution in [-0.2, 0) is 0 Å². The van der Waals surface area contributed by atoms with Crippen molar-refractivity contribution in [1.29, 1.82) is 0 Å². The number of nitrogens with one attached hydrogen (secondary N) is 1. The molecule has 0 aromatic rings. The number of hydrogen-bond acceptors (Lipinski definition) is 3. The van der Waals surface area contributed by atoms with Crippen LogP contribution in [0.4, 0.5) is 4.79 Å². The molecule has 5 heteroatoms. The summed E-state index contributed by atoms with van der Waals surface area (Å²) in [6.07, 6.45) is 1.57. The van der Waals surface area contributed by atoms with Gasteiger partial charge in [-0.3, -0.25) is 0 Å². The van der Waals surface area contributed by atoms with Crippen molar-refractivity contribution >= 4 is 6.03 Å². The molecule has 0 saturated carbocycles. The minimum atomic E-state index is 0.0335. The van der Waals surface area contributed by atoms with Gasteiger partial charge in [-0.15, -0.1) is 0 Å². The maximum atomic E-state index is 11.9. The van der Waals surface area contributed by atoms with Gasteiger partial charge in [-0.2, -0.15) is 0 Å². The zero-order chi connectivity index (χ0) is 12.7. The number of urea groups is 1.